The van der Waals surface area contributed by atoms with Crippen LogP contribution in [0.25, 0.3) is 0 Å². The second-order valence-corrected chi connectivity index (χ2v) is 7.07. The van der Waals surface area contributed by atoms with Crippen molar-refractivity contribution in [2.75, 3.05) is 6.54 Å². The molecule has 26 heavy (non-hydrogen) atoms. The molecule has 0 unspecified atom stereocenters. The fourth-order valence-electron chi connectivity index (χ4n) is 2.15. The number of hydrogen-bond donors (Lipinski definition) is 1. The summed E-state index contributed by atoms with van der Waals surface area (Å²) in [4.78, 5) is 12.1. The maximum absolute atomic E-state index is 12.1. The average Bonchev–Trinajstić information content (AvgIpc) is 3.23. The van der Waals surface area contributed by atoms with Crippen LogP contribution >= 0.6 is 39.1 Å². The van der Waals surface area contributed by atoms with Crippen LogP contribution in [-0.4, -0.2) is 22.2 Å². The lowest BCUT2D eigenvalue weighted by molar-refractivity contribution is 0.0920. The first-order valence-electron chi connectivity index (χ1n) is 7.64. The molecule has 0 aliphatic rings. The number of carbonyl (C=O) groups is 1. The van der Waals surface area contributed by atoms with Gasteiger partial charge in [0.1, 0.15) is 18.1 Å². The maximum Gasteiger partial charge on any atom is 0.287 e. The number of ether oxygens (including phenoxy) is 1. The molecule has 1 amide bonds. The molecule has 0 atom stereocenters. The molecule has 1 aromatic carbocycles. The minimum atomic E-state index is -0.299. The Morgan fingerprint density at radius 3 is 2.88 bits per heavy atom. The molecular formula is C17H14BrCl2N3O3. The minimum Gasteiger partial charge on any atom is -0.484 e. The molecule has 0 aliphatic heterocycles. The van der Waals surface area contributed by atoms with E-state index in [1.165, 1.54) is 0 Å². The zero-order chi connectivity index (χ0) is 18.5. The van der Waals surface area contributed by atoms with Gasteiger partial charge < -0.3 is 14.5 Å². The molecule has 0 aliphatic carbocycles. The number of nitrogens with one attached hydrogen (secondary N) is 1. The van der Waals surface area contributed by atoms with Crippen LogP contribution in [0.5, 0.6) is 5.75 Å². The highest BCUT2D eigenvalue weighted by molar-refractivity contribution is 9.10. The molecule has 136 valence electrons. The first-order valence-corrected chi connectivity index (χ1v) is 9.19. The van der Waals surface area contributed by atoms with Crippen LogP contribution in [0, 0.1) is 0 Å². The summed E-state index contributed by atoms with van der Waals surface area (Å²) in [6, 6.07) is 8.24. The van der Waals surface area contributed by atoms with Gasteiger partial charge in [-0.3, -0.25) is 9.48 Å². The molecule has 3 aromatic rings. The number of aromatic nitrogens is 2. The van der Waals surface area contributed by atoms with Crippen LogP contribution in [0.15, 0.2) is 51.6 Å². The zero-order valence-corrected chi connectivity index (χ0v) is 16.5. The van der Waals surface area contributed by atoms with E-state index < -0.39 is 0 Å². The Morgan fingerprint density at radius 2 is 2.15 bits per heavy atom. The number of hydrogen-bond acceptors (Lipinski definition) is 4. The molecule has 6 nitrogen and oxygen atoms in total. The standard InChI is InChI=1S/C17H14BrCl2N3O3/c18-11-8-22-23(9-11)6-5-21-17(24)16-4-2-13(26-16)10-25-15-3-1-12(19)7-14(15)20/h1-4,7-9H,5-6,10H2,(H,21,24). The van der Waals surface area contributed by atoms with Crippen molar-refractivity contribution >= 4 is 45.0 Å². The highest BCUT2D eigenvalue weighted by atomic mass is 79.9. The van der Waals surface area contributed by atoms with Crippen molar-refractivity contribution in [3.05, 3.63) is 68.8 Å². The summed E-state index contributed by atoms with van der Waals surface area (Å²) in [6.07, 6.45) is 3.52. The second kappa shape index (κ2) is 8.62. The van der Waals surface area contributed by atoms with Gasteiger partial charge in [0.2, 0.25) is 0 Å². The van der Waals surface area contributed by atoms with E-state index >= 15 is 0 Å². The van der Waals surface area contributed by atoms with Gasteiger partial charge >= 0.3 is 0 Å². The summed E-state index contributed by atoms with van der Waals surface area (Å²) in [5, 5.41) is 7.83. The van der Waals surface area contributed by atoms with Gasteiger partial charge in [0.05, 0.1) is 22.2 Å². The fourth-order valence-corrected chi connectivity index (χ4v) is 2.94. The van der Waals surface area contributed by atoms with Gasteiger partial charge in [-0.1, -0.05) is 23.2 Å². The quantitative estimate of drug-likeness (QED) is 0.563. The Balaban J connectivity index is 1.49. The molecule has 0 bridgehead atoms. The van der Waals surface area contributed by atoms with Crippen molar-refractivity contribution in [3.8, 4) is 5.75 Å². The summed E-state index contributed by atoms with van der Waals surface area (Å²) >= 11 is 15.2. The Labute approximate surface area is 168 Å². The third-order valence-electron chi connectivity index (χ3n) is 3.38. The molecule has 3 rings (SSSR count). The van der Waals surface area contributed by atoms with Crippen LogP contribution in [0.1, 0.15) is 16.3 Å². The lowest BCUT2D eigenvalue weighted by Gasteiger charge is -2.06. The van der Waals surface area contributed by atoms with E-state index in [2.05, 4.69) is 26.3 Å². The van der Waals surface area contributed by atoms with Gasteiger partial charge in [-0.2, -0.15) is 5.10 Å². The molecule has 0 saturated carbocycles. The molecule has 1 N–H and O–H groups in total. The summed E-state index contributed by atoms with van der Waals surface area (Å²) in [5.74, 6) is 0.917. The zero-order valence-electron chi connectivity index (χ0n) is 13.4. The van der Waals surface area contributed by atoms with Crippen LogP contribution in [-0.2, 0) is 13.2 Å². The van der Waals surface area contributed by atoms with Gasteiger partial charge in [-0.05, 0) is 46.3 Å². The van der Waals surface area contributed by atoms with Crippen LogP contribution in [0.4, 0.5) is 0 Å². The average molecular weight is 459 g/mol. The topological polar surface area (TPSA) is 69.3 Å². The summed E-state index contributed by atoms with van der Waals surface area (Å²) in [6.45, 7) is 1.14. The fraction of sp³-hybridized carbons (Fsp3) is 0.176. The lowest BCUT2D eigenvalue weighted by atomic mass is 10.3. The molecule has 2 aromatic heterocycles. The van der Waals surface area contributed by atoms with Gasteiger partial charge in [-0.25, -0.2) is 0 Å². The molecule has 0 saturated heterocycles. The van der Waals surface area contributed by atoms with Gasteiger partial charge in [-0.15, -0.1) is 0 Å². The van der Waals surface area contributed by atoms with Crippen LogP contribution < -0.4 is 10.1 Å². The molecule has 0 radical (unpaired) electrons. The lowest BCUT2D eigenvalue weighted by Crippen LogP contribution is -2.27. The predicted octanol–water partition coefficient (Wildman–Crippen LogP) is 4.55. The van der Waals surface area contributed by atoms with E-state index in [1.807, 2.05) is 6.20 Å². The van der Waals surface area contributed by atoms with Crippen molar-refractivity contribution in [1.82, 2.24) is 15.1 Å². The summed E-state index contributed by atoms with van der Waals surface area (Å²) in [5.41, 5.74) is 0. The number of benzene rings is 1. The highest BCUT2D eigenvalue weighted by Gasteiger charge is 2.12. The summed E-state index contributed by atoms with van der Waals surface area (Å²) < 4.78 is 13.7. The van der Waals surface area contributed by atoms with E-state index in [4.69, 9.17) is 32.4 Å². The van der Waals surface area contributed by atoms with E-state index in [0.717, 1.165) is 4.47 Å². The van der Waals surface area contributed by atoms with Crippen molar-refractivity contribution < 1.29 is 13.9 Å². The number of furan rings is 1. The number of halogens is 3. The van der Waals surface area contributed by atoms with Gasteiger partial charge in [0.25, 0.3) is 5.91 Å². The largest absolute Gasteiger partial charge is 0.484 e. The van der Waals surface area contributed by atoms with Crippen molar-refractivity contribution in [3.63, 3.8) is 0 Å². The highest BCUT2D eigenvalue weighted by Crippen LogP contribution is 2.28. The van der Waals surface area contributed by atoms with E-state index in [0.29, 0.717) is 34.6 Å². The second-order valence-electron chi connectivity index (χ2n) is 5.31. The van der Waals surface area contributed by atoms with E-state index in [9.17, 15) is 4.79 Å². The van der Waals surface area contributed by atoms with Crippen molar-refractivity contribution in [2.45, 2.75) is 13.2 Å². The molecule has 0 spiro atoms. The van der Waals surface area contributed by atoms with Crippen molar-refractivity contribution in [2.24, 2.45) is 0 Å². The molecular weight excluding hydrogens is 445 g/mol. The molecule has 9 heteroatoms. The normalized spacial score (nSPS) is 10.7. The number of rotatable bonds is 7. The Hall–Kier alpha value is -1.96. The monoisotopic (exact) mass is 457 g/mol. The minimum absolute atomic E-state index is 0.149. The van der Waals surface area contributed by atoms with Gasteiger partial charge in [0, 0.05) is 17.8 Å². The molecule has 2 heterocycles. The number of carbonyl (C=O) groups excluding carboxylic acids is 1. The first kappa shape index (κ1) is 18.8. The van der Waals surface area contributed by atoms with E-state index in [1.54, 1.807) is 41.2 Å². The molecule has 0 fully saturated rings. The van der Waals surface area contributed by atoms with Crippen molar-refractivity contribution in [1.29, 1.82) is 0 Å². The Morgan fingerprint density at radius 1 is 1.31 bits per heavy atom. The maximum atomic E-state index is 12.1. The first-order chi connectivity index (χ1) is 12.5. The van der Waals surface area contributed by atoms with Gasteiger partial charge in [0.15, 0.2) is 5.76 Å². The smallest absolute Gasteiger partial charge is 0.287 e. The third-order valence-corrected chi connectivity index (χ3v) is 4.32. The number of nitrogens with zero attached hydrogens (tertiary/aromatic N) is 2. The predicted molar refractivity (Wildman–Crippen MR) is 102 cm³/mol. The van der Waals surface area contributed by atoms with Crippen LogP contribution in [0.3, 0.4) is 0 Å². The van der Waals surface area contributed by atoms with Crippen LogP contribution in [0.2, 0.25) is 10.0 Å². The summed E-state index contributed by atoms with van der Waals surface area (Å²) in [7, 11) is 0. The third kappa shape index (κ3) is 5.03. The SMILES string of the molecule is O=C(NCCn1cc(Br)cn1)c1ccc(COc2ccc(Cl)cc2Cl)o1. The number of amides is 1. The van der Waals surface area contributed by atoms with E-state index in [-0.39, 0.29) is 18.3 Å². The Bertz CT molecular complexity index is 910. The Kier molecular flexibility index (Phi) is 6.24.